The summed E-state index contributed by atoms with van der Waals surface area (Å²) in [7, 11) is -3.62. The van der Waals surface area contributed by atoms with Crippen LogP contribution in [0.25, 0.3) is 0 Å². The molecule has 0 aliphatic heterocycles. The van der Waals surface area contributed by atoms with Crippen molar-refractivity contribution < 1.29 is 42.5 Å². The number of aliphatic carboxylic acids is 1. The summed E-state index contributed by atoms with van der Waals surface area (Å²) in [6, 6.07) is 18.7. The maximum Gasteiger partial charge on any atom is 0.341 e. The molecule has 0 aliphatic rings. The highest BCUT2D eigenvalue weighted by Crippen LogP contribution is 2.25. The van der Waals surface area contributed by atoms with E-state index in [0.717, 1.165) is 5.56 Å². The number of anilines is 1. The fourth-order valence-electron chi connectivity index (χ4n) is 4.19. The van der Waals surface area contributed by atoms with Crippen LogP contribution in [0.15, 0.2) is 77.7 Å². The third kappa shape index (κ3) is 9.57. The molecule has 3 aromatic carbocycles. The first kappa shape index (κ1) is 32.6. The van der Waals surface area contributed by atoms with Gasteiger partial charge in [-0.05, 0) is 86.0 Å². The van der Waals surface area contributed by atoms with Gasteiger partial charge in [-0.2, -0.15) is 0 Å². The smallest absolute Gasteiger partial charge is 0.341 e. The highest BCUT2D eigenvalue weighted by molar-refractivity contribution is 7.91. The molecule has 0 aliphatic carbocycles. The van der Waals surface area contributed by atoms with Crippen LogP contribution in [0.4, 0.5) is 5.69 Å². The van der Waals surface area contributed by atoms with Crippen LogP contribution >= 0.6 is 11.6 Å². The number of carbonyl (C=O) groups excluding carboxylic acids is 2. The molecule has 2 N–H and O–H groups in total. The summed E-state index contributed by atoms with van der Waals surface area (Å²) in [5, 5.41) is 18.5. The summed E-state index contributed by atoms with van der Waals surface area (Å²) in [5.74, 6) is -1.61. The lowest BCUT2D eigenvalue weighted by Crippen LogP contribution is -2.36. The Morgan fingerprint density at radius 2 is 1.45 bits per heavy atom. The molecule has 224 valence electrons. The monoisotopic (exact) mass is 617 g/mol. The molecular weight excluding hydrogens is 586 g/mol. The molecule has 0 saturated heterocycles. The van der Waals surface area contributed by atoms with E-state index < -0.39 is 34.2 Å². The predicted molar refractivity (Wildman–Crippen MR) is 157 cm³/mol. The lowest BCUT2D eigenvalue weighted by Gasteiger charge is -2.23. The number of hydrogen-bond acceptors (Lipinski definition) is 8. The summed E-state index contributed by atoms with van der Waals surface area (Å²) < 4.78 is 36.5. The maximum atomic E-state index is 13.3. The van der Waals surface area contributed by atoms with E-state index in [-0.39, 0.29) is 42.6 Å². The van der Waals surface area contributed by atoms with Crippen LogP contribution in [-0.4, -0.2) is 68.4 Å². The second-order valence-corrected chi connectivity index (χ2v) is 11.9. The molecule has 1 amide bonds. The molecule has 0 spiro atoms. The van der Waals surface area contributed by atoms with Gasteiger partial charge >= 0.3 is 5.97 Å². The third-order valence-corrected chi connectivity index (χ3v) is 8.40. The molecule has 0 fully saturated rings. The van der Waals surface area contributed by atoms with Crippen molar-refractivity contribution in [2.75, 3.05) is 37.0 Å². The summed E-state index contributed by atoms with van der Waals surface area (Å²) in [6.45, 7) is 0.520. The Morgan fingerprint density at radius 1 is 0.881 bits per heavy atom. The number of halogens is 1. The number of benzene rings is 3. The van der Waals surface area contributed by atoms with Gasteiger partial charge in [-0.25, -0.2) is 13.2 Å². The number of ketones is 1. The molecule has 0 radical (unpaired) electrons. The largest absolute Gasteiger partial charge is 0.484 e. The van der Waals surface area contributed by atoms with Crippen molar-refractivity contribution >= 4 is 44.8 Å². The number of amides is 1. The van der Waals surface area contributed by atoms with Crippen molar-refractivity contribution in [3.63, 3.8) is 0 Å². The zero-order valence-electron chi connectivity index (χ0n) is 22.9. The fourth-order valence-corrected chi connectivity index (χ4v) is 5.61. The Morgan fingerprint density at radius 3 is 2.00 bits per heavy atom. The van der Waals surface area contributed by atoms with Gasteiger partial charge in [0.2, 0.25) is 0 Å². The van der Waals surface area contributed by atoms with E-state index in [0.29, 0.717) is 28.6 Å². The van der Waals surface area contributed by atoms with Crippen molar-refractivity contribution in [2.24, 2.45) is 0 Å². The normalized spacial score (nSPS) is 11.9. The molecule has 1 atom stereocenters. The highest BCUT2D eigenvalue weighted by atomic mass is 35.5. The van der Waals surface area contributed by atoms with Crippen molar-refractivity contribution in [2.45, 2.75) is 30.6 Å². The van der Waals surface area contributed by atoms with Gasteiger partial charge in [0, 0.05) is 29.8 Å². The Labute approximate surface area is 249 Å². The SMILES string of the molecule is CC(=O)C(CCO)c1ccc(OCC(=O)N(CCCS(=O)(=O)c2ccc(Cl)cc2)c2ccc(OCC(=O)O)cc2)cc1. The summed E-state index contributed by atoms with van der Waals surface area (Å²) >= 11 is 5.87. The number of carbonyl (C=O) groups is 3. The summed E-state index contributed by atoms with van der Waals surface area (Å²) in [6.07, 6.45) is 0.427. The van der Waals surface area contributed by atoms with Gasteiger partial charge in [0.1, 0.15) is 17.3 Å². The van der Waals surface area contributed by atoms with Crippen LogP contribution in [-0.2, 0) is 24.2 Å². The van der Waals surface area contributed by atoms with Crippen LogP contribution in [0.2, 0.25) is 5.02 Å². The van der Waals surface area contributed by atoms with E-state index in [2.05, 4.69) is 0 Å². The van der Waals surface area contributed by atoms with Gasteiger partial charge in [-0.15, -0.1) is 0 Å². The van der Waals surface area contributed by atoms with Gasteiger partial charge in [-0.3, -0.25) is 9.59 Å². The Kier molecular flexibility index (Phi) is 11.9. The Balaban J connectivity index is 1.71. The van der Waals surface area contributed by atoms with E-state index >= 15 is 0 Å². The van der Waals surface area contributed by atoms with Crippen molar-refractivity contribution in [1.29, 1.82) is 0 Å². The Bertz CT molecular complexity index is 1460. The number of carboxylic acid groups (broad SMARTS) is 1. The van der Waals surface area contributed by atoms with E-state index in [4.69, 9.17) is 26.2 Å². The number of rotatable bonds is 16. The van der Waals surface area contributed by atoms with Crippen molar-refractivity contribution in [3.8, 4) is 11.5 Å². The van der Waals surface area contributed by atoms with Crippen LogP contribution < -0.4 is 14.4 Å². The minimum atomic E-state index is -3.62. The van der Waals surface area contributed by atoms with Gasteiger partial charge in [0.15, 0.2) is 23.1 Å². The van der Waals surface area contributed by atoms with Crippen LogP contribution in [0.3, 0.4) is 0 Å². The van der Waals surface area contributed by atoms with Crippen molar-refractivity contribution in [1.82, 2.24) is 0 Å². The molecule has 3 rings (SSSR count). The summed E-state index contributed by atoms with van der Waals surface area (Å²) in [5.41, 5.74) is 1.17. The molecule has 10 nitrogen and oxygen atoms in total. The first-order chi connectivity index (χ1) is 20.0. The molecule has 0 saturated carbocycles. The van der Waals surface area contributed by atoms with Gasteiger partial charge in [0.05, 0.1) is 10.6 Å². The molecule has 42 heavy (non-hydrogen) atoms. The highest BCUT2D eigenvalue weighted by Gasteiger charge is 2.21. The number of sulfone groups is 1. The number of ether oxygens (including phenoxy) is 2. The van der Waals surface area contributed by atoms with Crippen LogP contribution in [0.1, 0.15) is 31.2 Å². The number of hydrogen-bond donors (Lipinski definition) is 2. The number of aliphatic hydroxyl groups excluding tert-OH is 1. The zero-order valence-corrected chi connectivity index (χ0v) is 24.5. The minimum absolute atomic E-state index is 0.0602. The molecule has 1 unspecified atom stereocenters. The first-order valence-corrected chi connectivity index (χ1v) is 15.1. The average molecular weight is 618 g/mol. The standard InChI is InChI=1S/C30H32ClNO9S/c1-21(34)28(15-17-33)22-3-9-25(10-4-22)40-19-29(35)32(24-7-11-26(12-8-24)41-20-30(36)37)16-2-18-42(38,39)27-13-5-23(31)6-14-27/h3-14,28,33H,2,15-20H2,1H3,(H,36,37). The number of aliphatic hydroxyl groups is 1. The molecule has 0 bridgehead atoms. The average Bonchev–Trinajstić information content (AvgIpc) is 2.96. The fraction of sp³-hybridized carbons (Fsp3) is 0.300. The van der Waals surface area contributed by atoms with Crippen molar-refractivity contribution in [3.05, 3.63) is 83.4 Å². The van der Waals surface area contributed by atoms with Crippen LogP contribution in [0.5, 0.6) is 11.5 Å². The van der Waals surface area contributed by atoms with Gasteiger partial charge in [-0.1, -0.05) is 23.7 Å². The predicted octanol–water partition coefficient (Wildman–Crippen LogP) is 4.13. The van der Waals surface area contributed by atoms with Crippen LogP contribution in [0, 0.1) is 0 Å². The lowest BCUT2D eigenvalue weighted by molar-refractivity contribution is -0.139. The van der Waals surface area contributed by atoms with Gasteiger partial charge in [0.25, 0.3) is 5.91 Å². The first-order valence-electron chi connectivity index (χ1n) is 13.1. The van der Waals surface area contributed by atoms with E-state index in [1.165, 1.54) is 48.2 Å². The van der Waals surface area contributed by atoms with E-state index in [1.54, 1.807) is 36.4 Å². The topological polar surface area (TPSA) is 148 Å². The Hall–Kier alpha value is -3.93. The molecule has 3 aromatic rings. The second kappa shape index (κ2) is 15.3. The summed E-state index contributed by atoms with van der Waals surface area (Å²) in [4.78, 5) is 37.5. The molecule has 12 heteroatoms. The quantitative estimate of drug-likeness (QED) is 0.242. The van der Waals surface area contributed by atoms with E-state index in [1.807, 2.05) is 0 Å². The second-order valence-electron chi connectivity index (χ2n) is 9.38. The van der Waals surface area contributed by atoms with Gasteiger partial charge < -0.3 is 24.6 Å². The zero-order chi connectivity index (χ0) is 30.7. The minimum Gasteiger partial charge on any atom is -0.484 e. The number of nitrogens with zero attached hydrogens (tertiary/aromatic N) is 1. The lowest BCUT2D eigenvalue weighted by atomic mass is 9.92. The number of carboxylic acids is 1. The molecular formula is C30H32ClNO9S. The van der Waals surface area contributed by atoms with E-state index in [9.17, 15) is 27.9 Å². The number of Topliss-reactive ketones (excluding diaryl/α,β-unsaturated/α-hetero) is 1. The third-order valence-electron chi connectivity index (χ3n) is 6.33. The maximum absolute atomic E-state index is 13.3. The molecule has 0 heterocycles. The molecule has 0 aromatic heterocycles.